The monoisotopic (exact) mass is 356 g/mol. The van der Waals surface area contributed by atoms with Crippen molar-refractivity contribution in [3.8, 4) is 0 Å². The van der Waals surface area contributed by atoms with Crippen LogP contribution in [0, 0.1) is 0 Å². The standard InChI is InChI=1S/C15H14Cl2N2O4/c16-9-4-10(17)6-11(5-9)19-14(20)7-13(15(21)22)18-8-12-2-1-3-23-12/h1-6,13,18H,7-8H2,(H,19,20)(H,21,22)/t13-/m1/s1. The van der Waals surface area contributed by atoms with Crippen molar-refractivity contribution in [2.75, 3.05) is 5.32 Å². The summed E-state index contributed by atoms with van der Waals surface area (Å²) in [4.78, 5) is 23.2. The highest BCUT2D eigenvalue weighted by molar-refractivity contribution is 6.35. The van der Waals surface area contributed by atoms with Gasteiger partial charge in [-0.15, -0.1) is 0 Å². The Morgan fingerprint density at radius 1 is 1.22 bits per heavy atom. The lowest BCUT2D eigenvalue weighted by Gasteiger charge is -2.14. The number of benzene rings is 1. The lowest BCUT2D eigenvalue weighted by molar-refractivity contribution is -0.141. The first kappa shape index (κ1) is 17.3. The Kier molecular flexibility index (Phi) is 6.04. The molecule has 0 saturated carbocycles. The summed E-state index contributed by atoms with van der Waals surface area (Å²) in [5.41, 5.74) is 0.405. The third kappa shape index (κ3) is 5.59. The van der Waals surface area contributed by atoms with E-state index in [2.05, 4.69) is 10.6 Å². The van der Waals surface area contributed by atoms with Crippen molar-refractivity contribution in [1.29, 1.82) is 0 Å². The number of aliphatic carboxylic acids is 1. The number of carbonyl (C=O) groups excluding carboxylic acids is 1. The predicted molar refractivity (Wildman–Crippen MR) is 86.7 cm³/mol. The largest absolute Gasteiger partial charge is 0.480 e. The number of carbonyl (C=O) groups is 2. The summed E-state index contributed by atoms with van der Waals surface area (Å²) < 4.78 is 5.11. The summed E-state index contributed by atoms with van der Waals surface area (Å²) in [6.07, 6.45) is 1.24. The molecule has 2 rings (SSSR count). The number of halogens is 2. The lowest BCUT2D eigenvalue weighted by Crippen LogP contribution is -2.39. The molecule has 0 spiro atoms. The maximum absolute atomic E-state index is 12.0. The number of furan rings is 1. The fraction of sp³-hybridized carbons (Fsp3) is 0.200. The maximum atomic E-state index is 12.0. The van der Waals surface area contributed by atoms with Gasteiger partial charge in [-0.2, -0.15) is 0 Å². The van der Waals surface area contributed by atoms with Crippen LogP contribution in [0.5, 0.6) is 0 Å². The molecule has 1 aromatic heterocycles. The van der Waals surface area contributed by atoms with E-state index in [1.165, 1.54) is 24.5 Å². The van der Waals surface area contributed by atoms with Gasteiger partial charge in [-0.1, -0.05) is 23.2 Å². The van der Waals surface area contributed by atoms with E-state index in [1.807, 2.05) is 0 Å². The molecule has 8 heteroatoms. The fourth-order valence-corrected chi connectivity index (χ4v) is 2.43. The van der Waals surface area contributed by atoms with Crippen LogP contribution in [0.4, 0.5) is 5.69 Å². The van der Waals surface area contributed by atoms with E-state index in [4.69, 9.17) is 27.6 Å². The average Bonchev–Trinajstić information content (AvgIpc) is 2.95. The summed E-state index contributed by atoms with van der Waals surface area (Å²) in [7, 11) is 0. The van der Waals surface area contributed by atoms with Crippen LogP contribution in [0.2, 0.25) is 10.0 Å². The Labute approximate surface area is 142 Å². The molecule has 0 aliphatic rings. The number of carboxylic acids is 1. The SMILES string of the molecule is O=C(C[C@@H](NCc1ccco1)C(=O)O)Nc1cc(Cl)cc(Cl)c1. The number of carboxylic acid groups (broad SMARTS) is 1. The van der Waals surface area contributed by atoms with Crippen molar-refractivity contribution in [2.45, 2.75) is 19.0 Å². The maximum Gasteiger partial charge on any atom is 0.321 e. The van der Waals surface area contributed by atoms with E-state index < -0.39 is 17.9 Å². The predicted octanol–water partition coefficient (Wildman–Crippen LogP) is 3.16. The first-order chi connectivity index (χ1) is 10.9. The fourth-order valence-electron chi connectivity index (χ4n) is 1.91. The van der Waals surface area contributed by atoms with E-state index in [9.17, 15) is 14.7 Å². The minimum atomic E-state index is -1.13. The van der Waals surface area contributed by atoms with Crippen molar-refractivity contribution in [3.63, 3.8) is 0 Å². The molecular weight excluding hydrogens is 343 g/mol. The lowest BCUT2D eigenvalue weighted by atomic mass is 10.2. The van der Waals surface area contributed by atoms with Gasteiger partial charge in [0.15, 0.2) is 0 Å². The van der Waals surface area contributed by atoms with Gasteiger partial charge in [0.2, 0.25) is 5.91 Å². The first-order valence-corrected chi connectivity index (χ1v) is 7.44. The number of anilines is 1. The molecule has 0 unspecified atom stereocenters. The van der Waals surface area contributed by atoms with Crippen LogP contribution in [0.25, 0.3) is 0 Å². The highest BCUT2D eigenvalue weighted by Gasteiger charge is 2.21. The van der Waals surface area contributed by atoms with Gasteiger partial charge in [0.05, 0.1) is 19.2 Å². The Bertz CT molecular complexity index is 669. The van der Waals surface area contributed by atoms with E-state index in [0.717, 1.165) is 0 Å². The van der Waals surface area contributed by atoms with Crippen LogP contribution >= 0.6 is 23.2 Å². The van der Waals surface area contributed by atoms with Crippen molar-refractivity contribution in [2.24, 2.45) is 0 Å². The first-order valence-electron chi connectivity index (χ1n) is 6.68. The third-order valence-corrected chi connectivity index (χ3v) is 3.37. The molecule has 3 N–H and O–H groups in total. The van der Waals surface area contributed by atoms with Gasteiger partial charge in [-0.3, -0.25) is 14.9 Å². The third-order valence-electron chi connectivity index (χ3n) is 2.94. The number of hydrogen-bond donors (Lipinski definition) is 3. The zero-order chi connectivity index (χ0) is 16.8. The number of rotatable bonds is 7. The van der Waals surface area contributed by atoms with Crippen molar-refractivity contribution in [3.05, 3.63) is 52.4 Å². The Morgan fingerprint density at radius 3 is 2.48 bits per heavy atom. The van der Waals surface area contributed by atoms with Crippen molar-refractivity contribution >= 4 is 40.8 Å². The topological polar surface area (TPSA) is 91.6 Å². The van der Waals surface area contributed by atoms with Crippen LogP contribution in [0.15, 0.2) is 41.0 Å². The van der Waals surface area contributed by atoms with Gasteiger partial charge in [-0.05, 0) is 30.3 Å². The number of nitrogens with one attached hydrogen (secondary N) is 2. The molecule has 0 aliphatic heterocycles. The highest BCUT2D eigenvalue weighted by Crippen LogP contribution is 2.22. The van der Waals surface area contributed by atoms with Crippen LogP contribution < -0.4 is 10.6 Å². The summed E-state index contributed by atoms with van der Waals surface area (Å²) >= 11 is 11.7. The smallest absolute Gasteiger partial charge is 0.321 e. The molecule has 6 nitrogen and oxygen atoms in total. The van der Waals surface area contributed by atoms with Crippen molar-refractivity contribution < 1.29 is 19.1 Å². The van der Waals surface area contributed by atoms with Crippen LogP contribution in [-0.2, 0) is 16.1 Å². The van der Waals surface area contributed by atoms with Gasteiger partial charge in [0.1, 0.15) is 11.8 Å². The highest BCUT2D eigenvalue weighted by atomic mass is 35.5. The van der Waals surface area contributed by atoms with Gasteiger partial charge >= 0.3 is 5.97 Å². The molecule has 1 amide bonds. The minimum absolute atomic E-state index is 0.209. The van der Waals surface area contributed by atoms with E-state index in [1.54, 1.807) is 12.1 Å². The zero-order valence-corrected chi connectivity index (χ0v) is 13.4. The number of hydrogen-bond acceptors (Lipinski definition) is 4. The molecule has 1 atom stereocenters. The van der Waals surface area contributed by atoms with E-state index in [-0.39, 0.29) is 13.0 Å². The summed E-state index contributed by atoms with van der Waals surface area (Å²) in [5, 5.41) is 15.3. The second-order valence-electron chi connectivity index (χ2n) is 4.76. The molecule has 23 heavy (non-hydrogen) atoms. The van der Waals surface area contributed by atoms with E-state index >= 15 is 0 Å². The molecule has 0 bridgehead atoms. The molecule has 0 fully saturated rings. The van der Waals surface area contributed by atoms with Crippen molar-refractivity contribution in [1.82, 2.24) is 5.32 Å². The Hall–Kier alpha value is -2.02. The van der Waals surface area contributed by atoms with Gasteiger partial charge in [0.25, 0.3) is 0 Å². The van der Waals surface area contributed by atoms with Gasteiger partial charge < -0.3 is 14.8 Å². The normalized spacial score (nSPS) is 11.9. The van der Waals surface area contributed by atoms with Crippen LogP contribution in [-0.4, -0.2) is 23.0 Å². The molecule has 1 aromatic carbocycles. The molecule has 2 aromatic rings. The summed E-state index contributed by atoms with van der Waals surface area (Å²) in [6, 6.07) is 6.94. The van der Waals surface area contributed by atoms with E-state index in [0.29, 0.717) is 21.5 Å². The molecule has 122 valence electrons. The molecule has 1 heterocycles. The molecule has 0 radical (unpaired) electrons. The summed E-state index contributed by atoms with van der Waals surface area (Å²) in [6.45, 7) is 0.209. The molecule has 0 aliphatic carbocycles. The van der Waals surface area contributed by atoms with Gasteiger partial charge in [-0.25, -0.2) is 0 Å². The quantitative estimate of drug-likeness (QED) is 0.708. The van der Waals surface area contributed by atoms with Crippen LogP contribution in [0.3, 0.4) is 0 Å². The Morgan fingerprint density at radius 2 is 1.91 bits per heavy atom. The molecular formula is C15H14Cl2N2O4. The number of amides is 1. The average molecular weight is 357 g/mol. The van der Waals surface area contributed by atoms with Gasteiger partial charge in [0, 0.05) is 15.7 Å². The second kappa shape index (κ2) is 8.01. The molecule has 0 saturated heterocycles. The Balaban J connectivity index is 1.93. The second-order valence-corrected chi connectivity index (χ2v) is 5.63. The zero-order valence-electron chi connectivity index (χ0n) is 11.9. The van der Waals surface area contributed by atoms with Crippen LogP contribution in [0.1, 0.15) is 12.2 Å². The minimum Gasteiger partial charge on any atom is -0.480 e. The summed E-state index contributed by atoms with van der Waals surface area (Å²) in [5.74, 6) is -1.02.